The van der Waals surface area contributed by atoms with Crippen LogP contribution in [0.15, 0.2) is 21.6 Å². The van der Waals surface area contributed by atoms with Gasteiger partial charge in [0.15, 0.2) is 0 Å². The van der Waals surface area contributed by atoms with Gasteiger partial charge in [-0.2, -0.15) is 0 Å². The quantitative estimate of drug-likeness (QED) is 0.822. The monoisotopic (exact) mass is 272 g/mol. The Labute approximate surface area is 108 Å². The maximum Gasteiger partial charge on any atom is 0.273 e. The lowest BCUT2D eigenvalue weighted by Crippen LogP contribution is -2.28. The maximum absolute atomic E-state index is 12.0. The summed E-state index contributed by atoms with van der Waals surface area (Å²) < 4.78 is 31.9. The Morgan fingerprint density at radius 3 is 2.72 bits per heavy atom. The highest BCUT2D eigenvalue weighted by Crippen LogP contribution is 2.24. The van der Waals surface area contributed by atoms with E-state index in [0.717, 1.165) is 12.8 Å². The van der Waals surface area contributed by atoms with E-state index in [-0.39, 0.29) is 5.09 Å². The summed E-state index contributed by atoms with van der Waals surface area (Å²) >= 11 is 0. The lowest BCUT2D eigenvalue weighted by Gasteiger charge is -2.09. The van der Waals surface area contributed by atoms with Crippen molar-refractivity contribution in [3.8, 4) is 0 Å². The van der Waals surface area contributed by atoms with E-state index in [1.54, 1.807) is 13.1 Å². The molecule has 1 fully saturated rings. The van der Waals surface area contributed by atoms with Gasteiger partial charge in [0.1, 0.15) is 5.76 Å². The van der Waals surface area contributed by atoms with Crippen LogP contribution in [0.4, 0.5) is 0 Å². The Morgan fingerprint density at radius 2 is 2.06 bits per heavy atom. The van der Waals surface area contributed by atoms with Crippen molar-refractivity contribution in [1.82, 2.24) is 10.0 Å². The standard InChI is InChI=1S/C12H20N2O3S/c1-13-9-11-6-7-12(17-11)18(15,16)14-8-10-4-2-3-5-10/h6-7,10,13-14H,2-5,8-9H2,1H3. The van der Waals surface area contributed by atoms with Crippen molar-refractivity contribution in [3.63, 3.8) is 0 Å². The van der Waals surface area contributed by atoms with Crippen LogP contribution >= 0.6 is 0 Å². The van der Waals surface area contributed by atoms with Crippen molar-refractivity contribution in [3.05, 3.63) is 17.9 Å². The Hall–Kier alpha value is -0.850. The van der Waals surface area contributed by atoms with E-state index in [4.69, 9.17) is 4.42 Å². The largest absolute Gasteiger partial charge is 0.447 e. The summed E-state index contributed by atoms with van der Waals surface area (Å²) in [6, 6.07) is 3.18. The van der Waals surface area contributed by atoms with Crippen molar-refractivity contribution in [2.75, 3.05) is 13.6 Å². The summed E-state index contributed by atoms with van der Waals surface area (Å²) in [5.74, 6) is 1.10. The Balaban J connectivity index is 1.95. The number of sulfonamides is 1. The second-order valence-corrected chi connectivity index (χ2v) is 6.45. The molecule has 1 aromatic rings. The lowest BCUT2D eigenvalue weighted by molar-refractivity contribution is 0.402. The fourth-order valence-electron chi connectivity index (χ4n) is 2.29. The molecule has 6 heteroatoms. The van der Waals surface area contributed by atoms with Crippen LogP contribution in [0, 0.1) is 5.92 Å². The SMILES string of the molecule is CNCc1ccc(S(=O)(=O)NCC2CCCC2)o1. The molecule has 2 rings (SSSR count). The first-order valence-electron chi connectivity index (χ1n) is 6.35. The zero-order valence-corrected chi connectivity index (χ0v) is 11.4. The van der Waals surface area contributed by atoms with E-state index in [9.17, 15) is 8.42 Å². The fraction of sp³-hybridized carbons (Fsp3) is 0.667. The van der Waals surface area contributed by atoms with Gasteiger partial charge < -0.3 is 9.73 Å². The van der Waals surface area contributed by atoms with Gasteiger partial charge in [0, 0.05) is 6.54 Å². The summed E-state index contributed by atoms with van der Waals surface area (Å²) in [4.78, 5) is 0. The van der Waals surface area contributed by atoms with E-state index in [1.165, 1.54) is 18.9 Å². The zero-order chi connectivity index (χ0) is 13.0. The summed E-state index contributed by atoms with van der Waals surface area (Å²) in [5, 5.41) is 2.92. The van der Waals surface area contributed by atoms with Gasteiger partial charge in [-0.25, -0.2) is 13.1 Å². The lowest BCUT2D eigenvalue weighted by atomic mass is 10.1. The third-order valence-electron chi connectivity index (χ3n) is 3.29. The van der Waals surface area contributed by atoms with Crippen LogP contribution in [-0.2, 0) is 16.6 Å². The topological polar surface area (TPSA) is 71.3 Å². The fourth-order valence-corrected chi connectivity index (χ4v) is 3.35. The number of rotatable bonds is 6. The highest BCUT2D eigenvalue weighted by atomic mass is 32.2. The maximum atomic E-state index is 12.0. The third-order valence-corrected chi connectivity index (χ3v) is 4.59. The van der Waals surface area contributed by atoms with Crippen LogP contribution in [-0.4, -0.2) is 22.0 Å². The molecule has 0 radical (unpaired) electrons. The number of hydrogen-bond donors (Lipinski definition) is 2. The molecule has 2 N–H and O–H groups in total. The second kappa shape index (κ2) is 5.86. The predicted molar refractivity (Wildman–Crippen MR) is 68.6 cm³/mol. The van der Waals surface area contributed by atoms with Gasteiger partial charge >= 0.3 is 0 Å². The number of hydrogen-bond acceptors (Lipinski definition) is 4. The minimum Gasteiger partial charge on any atom is -0.447 e. The molecular formula is C12H20N2O3S. The van der Waals surface area contributed by atoms with Gasteiger partial charge in [-0.05, 0) is 37.9 Å². The predicted octanol–water partition coefficient (Wildman–Crippen LogP) is 1.47. The molecule has 0 bridgehead atoms. The average Bonchev–Trinajstić information content (AvgIpc) is 2.98. The molecular weight excluding hydrogens is 252 g/mol. The summed E-state index contributed by atoms with van der Waals surface area (Å²) in [6.07, 6.45) is 4.65. The molecule has 0 aromatic carbocycles. The first-order chi connectivity index (χ1) is 8.62. The molecule has 0 unspecified atom stereocenters. The van der Waals surface area contributed by atoms with Crippen LogP contribution in [0.3, 0.4) is 0 Å². The van der Waals surface area contributed by atoms with Gasteiger partial charge in [-0.1, -0.05) is 12.8 Å². The molecule has 1 saturated carbocycles. The van der Waals surface area contributed by atoms with Gasteiger partial charge in [-0.15, -0.1) is 0 Å². The second-order valence-electron chi connectivity index (χ2n) is 4.75. The molecule has 0 spiro atoms. The molecule has 1 aliphatic rings. The Morgan fingerprint density at radius 1 is 1.33 bits per heavy atom. The smallest absolute Gasteiger partial charge is 0.273 e. The van der Waals surface area contributed by atoms with Crippen LogP contribution in [0.25, 0.3) is 0 Å². The van der Waals surface area contributed by atoms with Gasteiger partial charge in [-0.3, -0.25) is 0 Å². The van der Waals surface area contributed by atoms with Crippen LogP contribution in [0.1, 0.15) is 31.4 Å². The van der Waals surface area contributed by atoms with E-state index in [2.05, 4.69) is 10.0 Å². The number of nitrogens with one attached hydrogen (secondary N) is 2. The normalized spacial score (nSPS) is 17.4. The van der Waals surface area contributed by atoms with Gasteiger partial charge in [0.05, 0.1) is 6.54 Å². The molecule has 0 saturated heterocycles. The van der Waals surface area contributed by atoms with Crippen molar-refractivity contribution in [2.45, 2.75) is 37.3 Å². The molecule has 0 aliphatic heterocycles. The first-order valence-corrected chi connectivity index (χ1v) is 7.83. The van der Waals surface area contributed by atoms with E-state index in [1.807, 2.05) is 0 Å². The number of furan rings is 1. The third kappa shape index (κ3) is 3.34. The molecule has 5 nitrogen and oxygen atoms in total. The minimum absolute atomic E-state index is 0.00532. The molecule has 0 amide bonds. The van der Waals surface area contributed by atoms with Crippen LogP contribution in [0.5, 0.6) is 0 Å². The molecule has 1 aliphatic carbocycles. The van der Waals surface area contributed by atoms with Crippen molar-refractivity contribution in [2.24, 2.45) is 5.92 Å². The minimum atomic E-state index is -3.49. The van der Waals surface area contributed by atoms with E-state index >= 15 is 0 Å². The van der Waals surface area contributed by atoms with Gasteiger partial charge in [0.2, 0.25) is 5.09 Å². The van der Waals surface area contributed by atoms with Gasteiger partial charge in [0.25, 0.3) is 10.0 Å². The summed E-state index contributed by atoms with van der Waals surface area (Å²) in [5.41, 5.74) is 0. The van der Waals surface area contributed by atoms with Crippen molar-refractivity contribution >= 4 is 10.0 Å². The summed E-state index contributed by atoms with van der Waals surface area (Å²) in [6.45, 7) is 1.04. The van der Waals surface area contributed by atoms with Crippen molar-refractivity contribution < 1.29 is 12.8 Å². The van der Waals surface area contributed by atoms with E-state index in [0.29, 0.717) is 24.8 Å². The van der Waals surface area contributed by atoms with Crippen LogP contribution in [0.2, 0.25) is 0 Å². The van der Waals surface area contributed by atoms with Crippen molar-refractivity contribution in [1.29, 1.82) is 0 Å². The molecule has 102 valence electrons. The molecule has 1 heterocycles. The van der Waals surface area contributed by atoms with E-state index < -0.39 is 10.0 Å². The average molecular weight is 272 g/mol. The highest BCUT2D eigenvalue weighted by molar-refractivity contribution is 7.89. The zero-order valence-electron chi connectivity index (χ0n) is 10.6. The Kier molecular flexibility index (Phi) is 4.42. The summed E-state index contributed by atoms with van der Waals surface area (Å²) in [7, 11) is -1.70. The Bertz CT molecular complexity index is 475. The molecule has 1 aromatic heterocycles. The molecule has 18 heavy (non-hydrogen) atoms. The molecule has 0 atom stereocenters. The van der Waals surface area contributed by atoms with Crippen LogP contribution < -0.4 is 10.0 Å². The highest BCUT2D eigenvalue weighted by Gasteiger charge is 2.22. The first kappa shape index (κ1) is 13.6.